The van der Waals surface area contributed by atoms with Gasteiger partial charge in [0.2, 0.25) is 11.8 Å². The Kier molecular flexibility index (Phi) is 4.51. The maximum absolute atomic E-state index is 13.1. The fraction of sp³-hybridized carbons (Fsp3) is 0.292. The lowest BCUT2D eigenvalue weighted by Gasteiger charge is -2.21. The highest BCUT2D eigenvalue weighted by Crippen LogP contribution is 2.54. The number of amides is 2. The minimum Gasteiger partial charge on any atom is -0.483 e. The van der Waals surface area contributed by atoms with Gasteiger partial charge in [-0.1, -0.05) is 53.6 Å². The summed E-state index contributed by atoms with van der Waals surface area (Å²) in [5.41, 5.74) is 1.91. The molecule has 5 rings (SSSR count). The molecule has 3 aliphatic rings. The molecule has 6 heteroatoms. The van der Waals surface area contributed by atoms with Crippen LogP contribution in [0.15, 0.2) is 54.6 Å². The molecule has 0 unspecified atom stereocenters. The van der Waals surface area contributed by atoms with Crippen molar-refractivity contribution in [2.45, 2.75) is 13.3 Å². The number of hydrogen-bond donors (Lipinski definition) is 0. The number of nitrogens with zero attached hydrogens (tertiary/aromatic N) is 1. The average molecular weight is 422 g/mol. The van der Waals surface area contributed by atoms with Crippen LogP contribution in [0.25, 0.3) is 0 Å². The number of benzene rings is 2. The molecule has 30 heavy (non-hydrogen) atoms. The van der Waals surface area contributed by atoms with Crippen molar-refractivity contribution in [3.63, 3.8) is 0 Å². The molecular weight excluding hydrogens is 402 g/mol. The zero-order chi connectivity index (χ0) is 21.0. The first kappa shape index (κ1) is 19.1. The van der Waals surface area contributed by atoms with Crippen LogP contribution in [0.1, 0.15) is 22.3 Å². The second kappa shape index (κ2) is 7.10. The number of ketones is 1. The van der Waals surface area contributed by atoms with Gasteiger partial charge in [-0.25, -0.2) is 4.90 Å². The molecular formula is C24H20ClNO4. The molecule has 2 amide bonds. The quantitative estimate of drug-likeness (QED) is 0.412. The number of hydrogen-bond acceptors (Lipinski definition) is 4. The van der Waals surface area contributed by atoms with Gasteiger partial charge in [0.1, 0.15) is 5.75 Å². The zero-order valence-electron chi connectivity index (χ0n) is 16.4. The summed E-state index contributed by atoms with van der Waals surface area (Å²) in [6, 6.07) is 12.0. The molecule has 2 aromatic rings. The Morgan fingerprint density at radius 3 is 2.30 bits per heavy atom. The van der Waals surface area contributed by atoms with E-state index in [0.717, 1.165) is 12.0 Å². The van der Waals surface area contributed by atoms with Crippen molar-refractivity contribution in [2.75, 3.05) is 11.5 Å². The van der Waals surface area contributed by atoms with Crippen molar-refractivity contribution in [3.8, 4) is 5.75 Å². The smallest absolute Gasteiger partial charge is 0.238 e. The van der Waals surface area contributed by atoms with Crippen LogP contribution < -0.4 is 9.64 Å². The van der Waals surface area contributed by atoms with Gasteiger partial charge in [0.05, 0.1) is 17.5 Å². The molecule has 0 aromatic heterocycles. The van der Waals surface area contributed by atoms with Crippen molar-refractivity contribution >= 4 is 34.9 Å². The van der Waals surface area contributed by atoms with E-state index in [9.17, 15) is 14.4 Å². The number of fused-ring (bicyclic) bond motifs is 5. The van der Waals surface area contributed by atoms with Gasteiger partial charge >= 0.3 is 0 Å². The number of imide groups is 1. The second-order valence-corrected chi connectivity index (χ2v) is 8.64. The molecule has 0 radical (unpaired) electrons. The third-order valence-corrected chi connectivity index (χ3v) is 6.60. The summed E-state index contributed by atoms with van der Waals surface area (Å²) in [5.74, 6) is -0.697. The lowest BCUT2D eigenvalue weighted by molar-refractivity contribution is -0.123. The van der Waals surface area contributed by atoms with Crippen LogP contribution in [0, 0.1) is 30.6 Å². The number of anilines is 1. The third kappa shape index (κ3) is 2.96. The number of allylic oxidation sites excluding steroid dienone is 2. The van der Waals surface area contributed by atoms with E-state index in [0.29, 0.717) is 22.0 Å². The fourth-order valence-electron chi connectivity index (χ4n) is 4.89. The highest BCUT2D eigenvalue weighted by molar-refractivity contribution is 6.31. The van der Waals surface area contributed by atoms with Gasteiger partial charge < -0.3 is 4.74 Å². The molecule has 1 aliphatic heterocycles. The Hall–Kier alpha value is -2.92. The minimum absolute atomic E-state index is 0.119. The number of halogens is 1. The van der Waals surface area contributed by atoms with Gasteiger partial charge in [0.15, 0.2) is 12.4 Å². The van der Waals surface area contributed by atoms with Gasteiger partial charge in [-0.15, -0.1) is 0 Å². The van der Waals surface area contributed by atoms with E-state index in [1.807, 2.05) is 19.1 Å². The van der Waals surface area contributed by atoms with Crippen LogP contribution in [0.2, 0.25) is 5.02 Å². The largest absolute Gasteiger partial charge is 0.483 e. The molecule has 1 heterocycles. The molecule has 152 valence electrons. The highest BCUT2D eigenvalue weighted by Gasteiger charge is 2.59. The first-order chi connectivity index (χ1) is 14.4. The number of ether oxygens (including phenoxy) is 1. The van der Waals surface area contributed by atoms with Crippen LogP contribution in [0.3, 0.4) is 0 Å². The van der Waals surface area contributed by atoms with Crippen LogP contribution in [-0.4, -0.2) is 24.2 Å². The van der Waals surface area contributed by atoms with Crippen LogP contribution in [0.5, 0.6) is 5.75 Å². The van der Waals surface area contributed by atoms with E-state index in [2.05, 4.69) is 12.2 Å². The number of Topliss-reactive ketones (excluding diaryl/α,β-unsaturated/α-hetero) is 1. The van der Waals surface area contributed by atoms with Crippen molar-refractivity contribution in [3.05, 3.63) is 70.8 Å². The maximum Gasteiger partial charge on any atom is 0.238 e. The summed E-state index contributed by atoms with van der Waals surface area (Å²) in [4.78, 5) is 40.0. The first-order valence-corrected chi connectivity index (χ1v) is 10.4. The second-order valence-electron chi connectivity index (χ2n) is 8.20. The molecule has 4 atom stereocenters. The molecule has 2 aromatic carbocycles. The zero-order valence-corrected chi connectivity index (χ0v) is 17.1. The molecule has 0 spiro atoms. The van der Waals surface area contributed by atoms with Crippen molar-refractivity contribution in [1.82, 2.24) is 0 Å². The highest BCUT2D eigenvalue weighted by atomic mass is 35.5. The van der Waals surface area contributed by atoms with Gasteiger partial charge in [-0.3, -0.25) is 14.4 Å². The van der Waals surface area contributed by atoms with E-state index >= 15 is 0 Å². The summed E-state index contributed by atoms with van der Waals surface area (Å²) < 4.78 is 5.77. The molecule has 2 fully saturated rings. The molecule has 1 saturated carbocycles. The Morgan fingerprint density at radius 1 is 1.03 bits per heavy atom. The monoisotopic (exact) mass is 421 g/mol. The summed E-state index contributed by atoms with van der Waals surface area (Å²) in [6.07, 6.45) is 4.97. The average Bonchev–Trinajstić information content (AvgIpc) is 3.41. The summed E-state index contributed by atoms with van der Waals surface area (Å²) in [5, 5.41) is 0.390. The number of aryl methyl sites for hydroxylation is 1. The SMILES string of the molecule is Cc1ccc(C(=O)COc2ccc(Cl)cc2N2C(=O)[C@@H]3[C@H](C2=O)[C@H]2C=C[C@H]3C2)cc1. The Morgan fingerprint density at radius 2 is 1.67 bits per heavy atom. The van der Waals surface area contributed by atoms with E-state index in [1.165, 1.54) is 4.90 Å². The number of rotatable bonds is 5. The van der Waals surface area contributed by atoms with Crippen molar-refractivity contribution in [2.24, 2.45) is 23.7 Å². The Bertz CT molecular complexity index is 1060. The summed E-state index contributed by atoms with van der Waals surface area (Å²) in [6.45, 7) is 1.75. The predicted molar refractivity (Wildman–Crippen MR) is 113 cm³/mol. The van der Waals surface area contributed by atoms with E-state index in [1.54, 1.807) is 30.3 Å². The lowest BCUT2D eigenvalue weighted by Crippen LogP contribution is -2.33. The Labute approximate surface area is 179 Å². The van der Waals surface area contributed by atoms with Crippen molar-refractivity contribution < 1.29 is 19.1 Å². The van der Waals surface area contributed by atoms with Gasteiger partial charge in [0, 0.05) is 10.6 Å². The fourth-order valence-corrected chi connectivity index (χ4v) is 5.06. The Balaban J connectivity index is 1.41. The normalized spacial score (nSPS) is 26.4. The predicted octanol–water partition coefficient (Wildman–Crippen LogP) is 4.22. The standard InChI is InChI=1S/C24H20ClNO4/c1-13-2-4-14(5-3-13)19(27)12-30-20-9-8-17(25)11-18(20)26-23(28)21-15-6-7-16(10-15)22(21)24(26)29/h2-9,11,15-16,21-22H,10,12H2,1H3/t15-,16-,21-,22+/m0/s1. The number of carbonyl (C=O) groups excluding carboxylic acids is 3. The molecule has 2 aliphatic carbocycles. The molecule has 0 N–H and O–H groups in total. The molecule has 1 saturated heterocycles. The first-order valence-electron chi connectivity index (χ1n) is 10.0. The van der Waals surface area contributed by atoms with Gasteiger partial charge in [0.25, 0.3) is 0 Å². The van der Waals surface area contributed by atoms with Gasteiger partial charge in [-0.2, -0.15) is 0 Å². The third-order valence-electron chi connectivity index (χ3n) is 6.36. The molecule has 2 bridgehead atoms. The molecule has 5 nitrogen and oxygen atoms in total. The van der Waals surface area contributed by atoms with Crippen LogP contribution in [-0.2, 0) is 9.59 Å². The van der Waals surface area contributed by atoms with E-state index < -0.39 is 0 Å². The van der Waals surface area contributed by atoms with Crippen LogP contribution in [0.4, 0.5) is 5.69 Å². The van der Waals surface area contributed by atoms with E-state index in [4.69, 9.17) is 16.3 Å². The maximum atomic E-state index is 13.1. The van der Waals surface area contributed by atoms with Gasteiger partial charge in [-0.05, 0) is 43.4 Å². The topological polar surface area (TPSA) is 63.7 Å². The van der Waals surface area contributed by atoms with Crippen LogP contribution >= 0.6 is 11.6 Å². The van der Waals surface area contributed by atoms with Crippen molar-refractivity contribution in [1.29, 1.82) is 0 Å². The number of carbonyl (C=O) groups is 3. The lowest BCUT2D eigenvalue weighted by atomic mass is 9.85. The van der Waals surface area contributed by atoms with E-state index in [-0.39, 0.29) is 47.9 Å². The summed E-state index contributed by atoms with van der Waals surface area (Å²) >= 11 is 6.17. The summed E-state index contributed by atoms with van der Waals surface area (Å²) in [7, 11) is 0. The minimum atomic E-state index is -0.312.